The lowest BCUT2D eigenvalue weighted by Gasteiger charge is -2.21. The molecule has 2 aliphatic rings. The molecule has 2 atom stereocenters. The molecule has 0 radical (unpaired) electrons. The zero-order valence-corrected chi connectivity index (χ0v) is 9.32. The third-order valence-electron chi connectivity index (χ3n) is 3.97. The highest BCUT2D eigenvalue weighted by atomic mass is 16.5. The molecule has 1 aliphatic carbocycles. The number of rotatable bonds is 3. The molecule has 1 aliphatic heterocycles. The molecule has 0 spiro atoms. The van der Waals surface area contributed by atoms with Gasteiger partial charge in [0.25, 0.3) is 0 Å². The summed E-state index contributed by atoms with van der Waals surface area (Å²) in [5.41, 5.74) is 1.56. The fraction of sp³-hybridized carbons (Fsp3) is 0.500. The van der Waals surface area contributed by atoms with E-state index in [0.29, 0.717) is 18.3 Å². The highest BCUT2D eigenvalue weighted by molar-refractivity contribution is 5.86. The van der Waals surface area contributed by atoms with Gasteiger partial charge in [-0.2, -0.15) is 0 Å². The van der Waals surface area contributed by atoms with Crippen LogP contribution in [0.25, 0.3) is 0 Å². The first kappa shape index (κ1) is 10.0. The van der Waals surface area contributed by atoms with Gasteiger partial charge < -0.3 is 4.74 Å². The summed E-state index contributed by atoms with van der Waals surface area (Å²) in [5, 5.41) is 0. The van der Waals surface area contributed by atoms with Crippen LogP contribution in [0.1, 0.15) is 18.4 Å². The maximum Gasteiger partial charge on any atom is 0.162 e. The van der Waals surface area contributed by atoms with Crippen LogP contribution in [0, 0.1) is 11.3 Å². The van der Waals surface area contributed by atoms with Gasteiger partial charge in [-0.05, 0) is 24.8 Å². The average Bonchev–Trinajstić information content (AvgIpc) is 3.05. The van der Waals surface area contributed by atoms with Crippen molar-refractivity contribution in [1.29, 1.82) is 0 Å². The minimum absolute atomic E-state index is 0.200. The summed E-state index contributed by atoms with van der Waals surface area (Å²) in [6.07, 6.45) is 3.21. The van der Waals surface area contributed by atoms with Crippen LogP contribution in [-0.4, -0.2) is 19.0 Å². The second-order valence-electron chi connectivity index (χ2n) is 5.06. The smallest absolute Gasteiger partial charge is 0.162 e. The fourth-order valence-corrected chi connectivity index (χ4v) is 2.80. The third-order valence-corrected chi connectivity index (χ3v) is 3.97. The Morgan fingerprint density at radius 3 is 2.94 bits per heavy atom. The molecule has 2 heteroatoms. The van der Waals surface area contributed by atoms with Crippen molar-refractivity contribution in [2.75, 3.05) is 13.2 Å². The van der Waals surface area contributed by atoms with E-state index >= 15 is 0 Å². The SMILES string of the molecule is O=C1COC[C@]2(CCc3ccccc3)C[C@H]12. The summed E-state index contributed by atoms with van der Waals surface area (Å²) in [5.74, 6) is 0.629. The van der Waals surface area contributed by atoms with Gasteiger partial charge in [-0.3, -0.25) is 4.79 Å². The van der Waals surface area contributed by atoms with Crippen molar-refractivity contribution in [3.05, 3.63) is 35.9 Å². The van der Waals surface area contributed by atoms with E-state index in [1.54, 1.807) is 0 Å². The lowest BCUT2D eigenvalue weighted by atomic mass is 9.92. The van der Waals surface area contributed by atoms with Crippen molar-refractivity contribution in [1.82, 2.24) is 0 Å². The van der Waals surface area contributed by atoms with Crippen LogP contribution < -0.4 is 0 Å². The molecule has 2 fully saturated rings. The molecule has 0 aromatic heterocycles. The molecule has 2 nitrogen and oxygen atoms in total. The van der Waals surface area contributed by atoms with Gasteiger partial charge in [-0.25, -0.2) is 0 Å². The highest BCUT2D eigenvalue weighted by Gasteiger charge is 2.59. The van der Waals surface area contributed by atoms with Gasteiger partial charge >= 0.3 is 0 Å². The summed E-state index contributed by atoms with van der Waals surface area (Å²) in [7, 11) is 0. The Balaban J connectivity index is 1.62. The summed E-state index contributed by atoms with van der Waals surface area (Å²) >= 11 is 0. The molecule has 1 saturated heterocycles. The third kappa shape index (κ3) is 1.67. The van der Waals surface area contributed by atoms with Crippen molar-refractivity contribution >= 4 is 5.78 Å². The maximum atomic E-state index is 11.5. The summed E-state index contributed by atoms with van der Waals surface area (Å²) in [6.45, 7) is 1.13. The van der Waals surface area contributed by atoms with Crippen LogP contribution >= 0.6 is 0 Å². The Kier molecular flexibility index (Phi) is 2.32. The van der Waals surface area contributed by atoms with Crippen molar-refractivity contribution in [3.63, 3.8) is 0 Å². The zero-order chi connectivity index (χ0) is 11.0. The Morgan fingerprint density at radius 2 is 2.12 bits per heavy atom. The molecule has 1 heterocycles. The molecule has 1 aromatic rings. The van der Waals surface area contributed by atoms with Crippen molar-refractivity contribution in [3.8, 4) is 0 Å². The highest BCUT2D eigenvalue weighted by Crippen LogP contribution is 2.58. The van der Waals surface area contributed by atoms with E-state index < -0.39 is 0 Å². The van der Waals surface area contributed by atoms with E-state index in [1.807, 2.05) is 6.07 Å². The van der Waals surface area contributed by atoms with Crippen LogP contribution in [0.2, 0.25) is 0 Å². The molecule has 84 valence electrons. The molecule has 1 saturated carbocycles. The monoisotopic (exact) mass is 216 g/mol. The topological polar surface area (TPSA) is 26.3 Å². The first-order valence-corrected chi connectivity index (χ1v) is 5.95. The normalized spacial score (nSPS) is 32.2. The van der Waals surface area contributed by atoms with Gasteiger partial charge in [0.1, 0.15) is 6.61 Å². The standard InChI is InChI=1S/C14H16O2/c15-13-9-16-10-14(8-12(13)14)7-6-11-4-2-1-3-5-11/h1-5,12H,6-10H2/t12-,14+/m1/s1. The first-order valence-electron chi connectivity index (χ1n) is 5.95. The second kappa shape index (κ2) is 3.70. The fourth-order valence-electron chi connectivity index (χ4n) is 2.80. The number of carbonyl (C=O) groups excluding carboxylic acids is 1. The van der Waals surface area contributed by atoms with Crippen LogP contribution in [0.15, 0.2) is 30.3 Å². The predicted molar refractivity (Wildman–Crippen MR) is 61.1 cm³/mol. The van der Waals surface area contributed by atoms with Crippen LogP contribution in [0.5, 0.6) is 0 Å². The number of hydrogen-bond acceptors (Lipinski definition) is 2. The van der Waals surface area contributed by atoms with Gasteiger partial charge in [0.05, 0.1) is 6.61 Å². The Morgan fingerprint density at radius 1 is 1.31 bits per heavy atom. The number of hydrogen-bond donors (Lipinski definition) is 0. The molecule has 0 unspecified atom stereocenters. The Bertz CT molecular complexity index is 398. The number of ketones is 1. The molecule has 1 aromatic carbocycles. The number of fused-ring (bicyclic) bond motifs is 1. The quantitative estimate of drug-likeness (QED) is 0.774. The van der Waals surface area contributed by atoms with E-state index in [0.717, 1.165) is 25.9 Å². The Hall–Kier alpha value is -1.15. The minimum Gasteiger partial charge on any atom is -0.373 e. The Labute approximate surface area is 95.6 Å². The van der Waals surface area contributed by atoms with Crippen molar-refractivity contribution in [2.24, 2.45) is 11.3 Å². The van der Waals surface area contributed by atoms with E-state index in [-0.39, 0.29) is 5.41 Å². The van der Waals surface area contributed by atoms with Crippen LogP contribution in [-0.2, 0) is 16.0 Å². The van der Waals surface area contributed by atoms with Crippen molar-refractivity contribution in [2.45, 2.75) is 19.3 Å². The van der Waals surface area contributed by atoms with E-state index in [1.165, 1.54) is 5.56 Å². The number of carbonyl (C=O) groups is 1. The van der Waals surface area contributed by atoms with Gasteiger partial charge in [0.2, 0.25) is 0 Å². The predicted octanol–water partition coefficient (Wildman–Crippen LogP) is 2.22. The first-order chi connectivity index (χ1) is 7.80. The molecular formula is C14H16O2. The largest absolute Gasteiger partial charge is 0.373 e. The number of benzene rings is 1. The second-order valence-corrected chi connectivity index (χ2v) is 5.06. The van der Waals surface area contributed by atoms with E-state index in [4.69, 9.17) is 4.74 Å². The number of Topliss-reactive ketones (excluding diaryl/α,β-unsaturated/α-hetero) is 1. The van der Waals surface area contributed by atoms with Gasteiger partial charge in [0.15, 0.2) is 5.78 Å². The number of aryl methyl sites for hydroxylation is 1. The molecule has 0 bridgehead atoms. The molecule has 3 rings (SSSR count). The molecule has 16 heavy (non-hydrogen) atoms. The summed E-state index contributed by atoms with van der Waals surface area (Å²) in [4.78, 5) is 11.5. The van der Waals surface area contributed by atoms with Gasteiger partial charge in [-0.1, -0.05) is 30.3 Å². The van der Waals surface area contributed by atoms with E-state index in [2.05, 4.69) is 24.3 Å². The lowest BCUT2D eigenvalue weighted by Crippen LogP contribution is -2.27. The number of ether oxygens (including phenoxy) is 1. The summed E-state index contributed by atoms with van der Waals surface area (Å²) < 4.78 is 5.38. The van der Waals surface area contributed by atoms with Crippen LogP contribution in [0.3, 0.4) is 0 Å². The average molecular weight is 216 g/mol. The molecule has 0 amide bonds. The van der Waals surface area contributed by atoms with Crippen molar-refractivity contribution < 1.29 is 9.53 Å². The zero-order valence-electron chi connectivity index (χ0n) is 9.32. The van der Waals surface area contributed by atoms with Gasteiger partial charge in [0, 0.05) is 11.3 Å². The lowest BCUT2D eigenvalue weighted by molar-refractivity contribution is -0.130. The maximum absolute atomic E-state index is 11.5. The van der Waals surface area contributed by atoms with Crippen LogP contribution in [0.4, 0.5) is 0 Å². The summed E-state index contributed by atoms with van der Waals surface area (Å²) in [6, 6.07) is 10.5. The molecule has 0 N–H and O–H groups in total. The molecular weight excluding hydrogens is 200 g/mol. The van der Waals surface area contributed by atoms with Gasteiger partial charge in [-0.15, -0.1) is 0 Å². The minimum atomic E-state index is 0.200. The van der Waals surface area contributed by atoms with E-state index in [9.17, 15) is 4.79 Å².